The van der Waals surface area contributed by atoms with Gasteiger partial charge in [0.1, 0.15) is 0 Å². The van der Waals surface area contributed by atoms with Crippen LogP contribution in [0.3, 0.4) is 0 Å². The second-order valence-electron chi connectivity index (χ2n) is 1.86. The smallest absolute Gasteiger partial charge is 0.0911 e. The average molecular weight is 87.1 g/mol. The summed E-state index contributed by atoms with van der Waals surface area (Å²) in [4.78, 5) is 0. The van der Waals surface area contributed by atoms with Gasteiger partial charge >= 0.3 is 0 Å². The van der Waals surface area contributed by atoms with Gasteiger partial charge in [0.2, 0.25) is 0 Å². The molecule has 0 bridgehead atoms. The van der Waals surface area contributed by atoms with Crippen LogP contribution in [0.4, 0.5) is 0 Å². The summed E-state index contributed by atoms with van der Waals surface area (Å²) in [6.07, 6.45) is 1.21. The predicted molar refractivity (Wildman–Crippen MR) is 24.3 cm³/mol. The Bertz CT molecular complexity index is 38.8. The fourth-order valence-corrected chi connectivity index (χ4v) is 0.782. The Morgan fingerprint density at radius 3 is 2.67 bits per heavy atom. The average Bonchev–Trinajstić information content (AvgIpc) is 1.86. The van der Waals surface area contributed by atoms with E-state index in [1.165, 1.54) is 13.0 Å². The minimum Gasteiger partial charge on any atom is -0.345 e. The summed E-state index contributed by atoms with van der Waals surface area (Å²) < 4.78 is 0. The van der Waals surface area contributed by atoms with E-state index in [-0.39, 0.29) is 0 Å². The second-order valence-corrected chi connectivity index (χ2v) is 1.86. The lowest BCUT2D eigenvalue weighted by molar-refractivity contribution is -0.636. The van der Waals surface area contributed by atoms with Crippen LogP contribution in [0, 0.1) is 0 Å². The summed E-state index contributed by atoms with van der Waals surface area (Å²) in [6.45, 7) is 2.38. The van der Waals surface area contributed by atoms with Gasteiger partial charge in [-0.2, -0.15) is 0 Å². The number of nitrogens with two attached hydrogens (primary N) is 2. The van der Waals surface area contributed by atoms with Gasteiger partial charge in [-0.05, 0) is 0 Å². The Labute approximate surface area is 37.7 Å². The van der Waals surface area contributed by atoms with Gasteiger partial charge in [0, 0.05) is 6.42 Å². The van der Waals surface area contributed by atoms with Crippen LogP contribution < -0.4 is 11.1 Å². The molecule has 0 aromatic carbocycles. The van der Waals surface area contributed by atoms with E-state index in [9.17, 15) is 0 Å². The summed E-state index contributed by atoms with van der Waals surface area (Å²) in [6, 6.07) is 0.491. The zero-order valence-corrected chi connectivity index (χ0v) is 3.85. The molecule has 1 aliphatic heterocycles. The molecule has 1 atom stereocenters. The molecular weight excluding hydrogens is 76.1 g/mol. The van der Waals surface area contributed by atoms with Crippen molar-refractivity contribution in [2.75, 3.05) is 13.1 Å². The van der Waals surface area contributed by atoms with Gasteiger partial charge in [-0.15, -0.1) is 0 Å². The predicted octanol–water partition coefficient (Wildman–Crippen LogP) is -1.72. The van der Waals surface area contributed by atoms with Crippen molar-refractivity contribution in [3.05, 3.63) is 0 Å². The van der Waals surface area contributed by atoms with Gasteiger partial charge in [0.25, 0.3) is 0 Å². The topological polar surface area (TPSA) is 42.6 Å². The summed E-state index contributed by atoms with van der Waals surface area (Å²) in [5.74, 6) is 0. The zero-order chi connectivity index (χ0) is 4.41. The molecule has 4 N–H and O–H groups in total. The van der Waals surface area contributed by atoms with E-state index in [1.54, 1.807) is 0 Å². The number of hydrogen-bond acceptors (Lipinski definition) is 1. The fourth-order valence-electron chi connectivity index (χ4n) is 0.782. The quantitative estimate of drug-likeness (QED) is 0.362. The van der Waals surface area contributed by atoms with Crippen molar-refractivity contribution in [1.82, 2.24) is 0 Å². The molecule has 2 nitrogen and oxygen atoms in total. The molecule has 1 saturated heterocycles. The van der Waals surface area contributed by atoms with E-state index in [0.29, 0.717) is 6.04 Å². The van der Waals surface area contributed by atoms with Crippen molar-refractivity contribution in [1.29, 1.82) is 0 Å². The highest BCUT2D eigenvalue weighted by Gasteiger charge is 2.10. The molecule has 1 heterocycles. The van der Waals surface area contributed by atoms with Gasteiger partial charge < -0.3 is 11.1 Å². The molecule has 1 aliphatic rings. The third-order valence-corrected chi connectivity index (χ3v) is 1.21. The first-order valence-electron chi connectivity index (χ1n) is 2.47. The monoisotopic (exact) mass is 87.1 g/mol. The third kappa shape index (κ3) is 0.698. The van der Waals surface area contributed by atoms with E-state index in [4.69, 9.17) is 5.73 Å². The van der Waals surface area contributed by atoms with Crippen molar-refractivity contribution in [3.8, 4) is 0 Å². The Balaban J connectivity index is 2.18. The van der Waals surface area contributed by atoms with E-state index in [0.717, 1.165) is 6.54 Å². The number of hydrogen-bond donors (Lipinski definition) is 2. The molecule has 0 amide bonds. The SMILES string of the molecule is NC1CC[NH2+]C1. The summed E-state index contributed by atoms with van der Waals surface area (Å²) in [7, 11) is 0. The molecule has 1 rings (SSSR count). The summed E-state index contributed by atoms with van der Waals surface area (Å²) in [5, 5.41) is 2.25. The molecule has 1 unspecified atom stereocenters. The molecule has 36 valence electrons. The van der Waals surface area contributed by atoms with Crippen LogP contribution in [0.2, 0.25) is 0 Å². The molecule has 2 heteroatoms. The van der Waals surface area contributed by atoms with Crippen molar-refractivity contribution in [2.45, 2.75) is 12.5 Å². The van der Waals surface area contributed by atoms with Crippen LogP contribution in [0.25, 0.3) is 0 Å². The van der Waals surface area contributed by atoms with Gasteiger partial charge in [-0.25, -0.2) is 0 Å². The number of rotatable bonds is 0. The van der Waals surface area contributed by atoms with E-state index >= 15 is 0 Å². The standard InChI is InChI=1S/C4H10N2/c5-4-1-2-6-3-4/h4,6H,1-3,5H2/p+1. The molecule has 0 radical (unpaired) electrons. The van der Waals surface area contributed by atoms with E-state index in [2.05, 4.69) is 5.32 Å². The largest absolute Gasteiger partial charge is 0.345 e. The molecule has 0 saturated carbocycles. The lowest BCUT2D eigenvalue weighted by Crippen LogP contribution is -2.81. The van der Waals surface area contributed by atoms with Crippen LogP contribution >= 0.6 is 0 Å². The number of quaternary nitrogens is 1. The molecule has 6 heavy (non-hydrogen) atoms. The van der Waals surface area contributed by atoms with Crippen molar-refractivity contribution in [3.63, 3.8) is 0 Å². The fraction of sp³-hybridized carbons (Fsp3) is 1.00. The Kier molecular flexibility index (Phi) is 1.08. The second kappa shape index (κ2) is 1.58. The van der Waals surface area contributed by atoms with Crippen LogP contribution in [-0.4, -0.2) is 19.1 Å². The van der Waals surface area contributed by atoms with Crippen molar-refractivity contribution in [2.24, 2.45) is 5.73 Å². The van der Waals surface area contributed by atoms with E-state index < -0.39 is 0 Å². The van der Waals surface area contributed by atoms with Crippen molar-refractivity contribution < 1.29 is 5.32 Å². The van der Waals surface area contributed by atoms with Gasteiger partial charge in [0.05, 0.1) is 19.1 Å². The van der Waals surface area contributed by atoms with Crippen LogP contribution in [0.1, 0.15) is 6.42 Å². The first-order chi connectivity index (χ1) is 2.89. The van der Waals surface area contributed by atoms with Crippen LogP contribution in [-0.2, 0) is 0 Å². The third-order valence-electron chi connectivity index (χ3n) is 1.21. The maximum Gasteiger partial charge on any atom is 0.0911 e. The Morgan fingerprint density at radius 2 is 2.50 bits per heavy atom. The first-order valence-corrected chi connectivity index (χ1v) is 2.47. The Hall–Kier alpha value is -0.0800. The Morgan fingerprint density at radius 1 is 1.67 bits per heavy atom. The van der Waals surface area contributed by atoms with Gasteiger partial charge in [-0.1, -0.05) is 0 Å². The normalized spacial score (nSPS) is 34.5. The molecular formula is C4H11N2+. The highest BCUT2D eigenvalue weighted by molar-refractivity contribution is 4.59. The summed E-state index contributed by atoms with van der Waals surface area (Å²) in [5.41, 5.74) is 5.50. The zero-order valence-electron chi connectivity index (χ0n) is 3.85. The maximum absolute atomic E-state index is 5.50. The molecule has 1 fully saturated rings. The van der Waals surface area contributed by atoms with E-state index in [1.807, 2.05) is 0 Å². The lowest BCUT2D eigenvalue weighted by Gasteiger charge is -1.88. The lowest BCUT2D eigenvalue weighted by atomic mass is 10.3. The maximum atomic E-state index is 5.50. The first kappa shape index (κ1) is 4.09. The minimum absolute atomic E-state index is 0.491. The molecule has 0 aliphatic carbocycles. The van der Waals surface area contributed by atoms with Crippen LogP contribution in [0.15, 0.2) is 0 Å². The highest BCUT2D eigenvalue weighted by atomic mass is 14.9. The molecule has 0 aromatic rings. The van der Waals surface area contributed by atoms with Gasteiger partial charge in [-0.3, -0.25) is 0 Å². The molecule has 0 aromatic heterocycles. The van der Waals surface area contributed by atoms with Gasteiger partial charge in [0.15, 0.2) is 0 Å². The molecule has 0 spiro atoms. The van der Waals surface area contributed by atoms with Crippen molar-refractivity contribution >= 4 is 0 Å². The summed E-state index contributed by atoms with van der Waals surface area (Å²) >= 11 is 0. The van der Waals surface area contributed by atoms with Crippen LogP contribution in [0.5, 0.6) is 0 Å². The highest BCUT2D eigenvalue weighted by Crippen LogP contribution is 1.82. The minimum atomic E-state index is 0.491.